The Morgan fingerprint density at radius 3 is 2.67 bits per heavy atom. The summed E-state index contributed by atoms with van der Waals surface area (Å²) in [6.07, 6.45) is 2.66. The summed E-state index contributed by atoms with van der Waals surface area (Å²) in [6.45, 7) is 5.68. The number of piperazine rings is 1. The highest BCUT2D eigenvalue weighted by Crippen LogP contribution is 2.24. The Hall–Kier alpha value is -4.53. The van der Waals surface area contributed by atoms with Crippen LogP contribution in [0.15, 0.2) is 54.7 Å². The van der Waals surface area contributed by atoms with Crippen LogP contribution in [-0.2, 0) is 24.4 Å². The Labute approximate surface area is 231 Å². The van der Waals surface area contributed by atoms with Crippen molar-refractivity contribution >= 4 is 22.8 Å². The van der Waals surface area contributed by atoms with Crippen molar-refractivity contribution in [2.45, 2.75) is 32.2 Å². The second kappa shape index (κ2) is 11.3. The molecule has 1 N–H and O–H groups in total. The fourth-order valence-corrected chi connectivity index (χ4v) is 4.98. The van der Waals surface area contributed by atoms with Gasteiger partial charge in [-0.3, -0.25) is 9.88 Å². The van der Waals surface area contributed by atoms with Crippen LogP contribution in [0.3, 0.4) is 0 Å². The average molecular weight is 540 g/mol. The molecule has 40 heavy (non-hydrogen) atoms. The molecule has 3 aromatic heterocycles. The lowest BCUT2D eigenvalue weighted by Gasteiger charge is -2.35. The Kier molecular flexibility index (Phi) is 7.27. The van der Waals surface area contributed by atoms with E-state index in [9.17, 15) is 9.90 Å². The van der Waals surface area contributed by atoms with Crippen LogP contribution in [0.25, 0.3) is 11.0 Å². The van der Waals surface area contributed by atoms with Crippen molar-refractivity contribution < 1.29 is 19.4 Å². The van der Waals surface area contributed by atoms with Crippen LogP contribution in [0.1, 0.15) is 33.9 Å². The van der Waals surface area contributed by atoms with E-state index in [4.69, 9.17) is 24.7 Å². The third kappa shape index (κ3) is 5.59. The summed E-state index contributed by atoms with van der Waals surface area (Å²) in [5.41, 5.74) is 3.14. The summed E-state index contributed by atoms with van der Waals surface area (Å²) < 4.78 is 13.7. The van der Waals surface area contributed by atoms with Gasteiger partial charge < -0.3 is 24.0 Å². The molecule has 2 aliphatic heterocycles. The molecule has 1 aromatic carbocycles. The smallest absolute Gasteiger partial charge is 0.335 e. The van der Waals surface area contributed by atoms with Crippen molar-refractivity contribution in [3.63, 3.8) is 0 Å². The molecule has 1 unspecified atom stereocenters. The molecule has 0 spiro atoms. The summed E-state index contributed by atoms with van der Waals surface area (Å²) in [6, 6.07) is 16.4. The van der Waals surface area contributed by atoms with E-state index in [0.717, 1.165) is 67.6 Å². The van der Waals surface area contributed by atoms with Crippen LogP contribution in [-0.4, -0.2) is 74.4 Å². The lowest BCUT2D eigenvalue weighted by atomic mass is 10.1. The van der Waals surface area contributed by atoms with Gasteiger partial charge in [0.15, 0.2) is 0 Å². The number of aromatic carboxylic acids is 1. The van der Waals surface area contributed by atoms with Gasteiger partial charge >= 0.3 is 5.97 Å². The second-order valence-corrected chi connectivity index (χ2v) is 9.96. The van der Waals surface area contributed by atoms with Gasteiger partial charge in [0.2, 0.25) is 5.88 Å². The van der Waals surface area contributed by atoms with E-state index in [1.165, 1.54) is 6.20 Å². The number of aromatic nitrogens is 4. The molecule has 0 saturated carbocycles. The number of fused-ring (bicyclic) bond motifs is 1. The van der Waals surface area contributed by atoms with Gasteiger partial charge in [0, 0.05) is 45.0 Å². The fourth-order valence-electron chi connectivity index (χ4n) is 4.98. The van der Waals surface area contributed by atoms with Crippen LogP contribution < -0.4 is 9.64 Å². The van der Waals surface area contributed by atoms with Crippen LogP contribution >= 0.6 is 0 Å². The SMILES string of the molecule is N#Cc1ccc(COc2cccc(N3CCN(Cc4nc5ccc(C(=O)O)cc5n4CC4CCO4)CC3)n2)nc1. The van der Waals surface area contributed by atoms with E-state index >= 15 is 0 Å². The molecule has 1 atom stereocenters. The average Bonchev–Trinajstić information content (AvgIpc) is 3.30. The lowest BCUT2D eigenvalue weighted by Crippen LogP contribution is -2.46. The molecule has 0 radical (unpaired) electrons. The maximum Gasteiger partial charge on any atom is 0.335 e. The van der Waals surface area contributed by atoms with Crippen molar-refractivity contribution in [2.75, 3.05) is 37.7 Å². The molecule has 5 heterocycles. The fraction of sp³-hybridized carbons (Fsp3) is 0.345. The molecule has 2 fully saturated rings. The number of pyridine rings is 2. The van der Waals surface area contributed by atoms with E-state index in [1.54, 1.807) is 30.3 Å². The first-order valence-corrected chi connectivity index (χ1v) is 13.3. The summed E-state index contributed by atoms with van der Waals surface area (Å²) in [5, 5.41) is 18.4. The lowest BCUT2D eigenvalue weighted by molar-refractivity contribution is -0.0592. The Morgan fingerprint density at radius 2 is 1.98 bits per heavy atom. The van der Waals surface area contributed by atoms with E-state index in [1.807, 2.05) is 18.2 Å². The third-order valence-corrected chi connectivity index (χ3v) is 7.35. The normalized spacial score (nSPS) is 17.4. The quantitative estimate of drug-likeness (QED) is 0.339. The molecule has 11 nitrogen and oxygen atoms in total. The van der Waals surface area contributed by atoms with Crippen molar-refractivity contribution in [1.82, 2.24) is 24.4 Å². The molecule has 2 aliphatic rings. The van der Waals surface area contributed by atoms with Gasteiger partial charge in [-0.25, -0.2) is 9.78 Å². The van der Waals surface area contributed by atoms with E-state index in [0.29, 0.717) is 24.5 Å². The Bertz CT molecular complexity index is 1550. The number of carbonyl (C=O) groups is 1. The van der Waals surface area contributed by atoms with Crippen molar-refractivity contribution in [3.8, 4) is 11.9 Å². The molecule has 4 aromatic rings. The van der Waals surface area contributed by atoms with Gasteiger partial charge in [-0.15, -0.1) is 0 Å². The predicted octanol–water partition coefficient (Wildman–Crippen LogP) is 3.09. The summed E-state index contributed by atoms with van der Waals surface area (Å²) in [7, 11) is 0. The first-order chi connectivity index (χ1) is 19.6. The van der Waals surface area contributed by atoms with E-state index < -0.39 is 5.97 Å². The zero-order valence-corrected chi connectivity index (χ0v) is 21.9. The first kappa shape index (κ1) is 25.7. The van der Waals surface area contributed by atoms with Gasteiger partial charge in [-0.2, -0.15) is 10.2 Å². The number of hydrogen-bond acceptors (Lipinski definition) is 9. The molecule has 204 valence electrons. The molecule has 11 heteroatoms. The first-order valence-electron chi connectivity index (χ1n) is 13.3. The van der Waals surface area contributed by atoms with Crippen LogP contribution in [0.5, 0.6) is 5.88 Å². The number of ether oxygens (including phenoxy) is 2. The predicted molar refractivity (Wildman–Crippen MR) is 146 cm³/mol. The largest absolute Gasteiger partial charge is 0.478 e. The van der Waals surface area contributed by atoms with Crippen molar-refractivity contribution in [2.24, 2.45) is 0 Å². The molecular formula is C29H29N7O4. The number of benzene rings is 1. The molecule has 0 amide bonds. The highest BCUT2D eigenvalue weighted by atomic mass is 16.5. The Balaban J connectivity index is 1.10. The highest BCUT2D eigenvalue weighted by Gasteiger charge is 2.25. The number of carboxylic acids is 1. The standard InChI is InChI=1S/C29H29N7O4/c30-15-20-4-6-22(31-16-20)19-40-28-3-1-2-26(33-28)35-11-9-34(10-12-35)18-27-32-24-7-5-21(29(37)38)14-25(24)36(27)17-23-8-13-39-23/h1-7,14,16,23H,8-13,17-19H2,(H,37,38). The summed E-state index contributed by atoms with van der Waals surface area (Å²) in [4.78, 5) is 30.0. The molecule has 2 saturated heterocycles. The monoisotopic (exact) mass is 539 g/mol. The summed E-state index contributed by atoms with van der Waals surface area (Å²) >= 11 is 0. The maximum absolute atomic E-state index is 11.6. The molecule has 0 aliphatic carbocycles. The van der Waals surface area contributed by atoms with Crippen molar-refractivity contribution in [1.29, 1.82) is 5.26 Å². The van der Waals surface area contributed by atoms with E-state index in [-0.39, 0.29) is 18.3 Å². The van der Waals surface area contributed by atoms with Crippen LogP contribution in [0, 0.1) is 11.3 Å². The number of anilines is 1. The van der Waals surface area contributed by atoms with Crippen molar-refractivity contribution in [3.05, 3.63) is 77.4 Å². The van der Waals surface area contributed by atoms with Gasteiger partial charge in [0.25, 0.3) is 0 Å². The number of rotatable bonds is 9. The molecule has 6 rings (SSSR count). The molecule has 0 bridgehead atoms. The zero-order chi connectivity index (χ0) is 27.5. The summed E-state index contributed by atoms with van der Waals surface area (Å²) in [5.74, 6) is 1.37. The van der Waals surface area contributed by atoms with Crippen LogP contribution in [0.2, 0.25) is 0 Å². The molecular weight excluding hydrogens is 510 g/mol. The highest BCUT2D eigenvalue weighted by molar-refractivity contribution is 5.92. The van der Waals surface area contributed by atoms with Crippen LogP contribution in [0.4, 0.5) is 5.82 Å². The van der Waals surface area contributed by atoms with Gasteiger partial charge in [-0.05, 0) is 42.8 Å². The second-order valence-electron chi connectivity index (χ2n) is 9.96. The number of nitrogens with zero attached hydrogens (tertiary/aromatic N) is 7. The minimum Gasteiger partial charge on any atom is -0.478 e. The Morgan fingerprint density at radius 1 is 1.12 bits per heavy atom. The number of nitriles is 1. The zero-order valence-electron chi connectivity index (χ0n) is 21.9. The number of hydrogen-bond donors (Lipinski definition) is 1. The number of imidazole rings is 1. The number of carboxylic acid groups (broad SMARTS) is 1. The minimum absolute atomic E-state index is 0.134. The maximum atomic E-state index is 11.6. The third-order valence-electron chi connectivity index (χ3n) is 7.35. The van der Waals surface area contributed by atoms with E-state index in [2.05, 4.69) is 25.4 Å². The van der Waals surface area contributed by atoms with Gasteiger partial charge in [0.1, 0.15) is 24.3 Å². The topological polar surface area (TPSA) is 130 Å². The van der Waals surface area contributed by atoms with Gasteiger partial charge in [-0.1, -0.05) is 6.07 Å². The van der Waals surface area contributed by atoms with Gasteiger partial charge in [0.05, 0.1) is 47.0 Å². The minimum atomic E-state index is -0.943.